The van der Waals surface area contributed by atoms with Crippen LogP contribution in [0, 0.1) is 19.8 Å². The van der Waals surface area contributed by atoms with Crippen molar-refractivity contribution in [1.82, 2.24) is 15.3 Å². The first-order valence-corrected chi connectivity index (χ1v) is 11.7. The number of piperidine rings is 1. The summed E-state index contributed by atoms with van der Waals surface area (Å²) in [6.07, 6.45) is 7.72. The zero-order valence-electron chi connectivity index (χ0n) is 19.2. The number of hydrogen-bond acceptors (Lipinski definition) is 6. The second-order valence-electron chi connectivity index (χ2n) is 8.66. The van der Waals surface area contributed by atoms with Crippen LogP contribution in [0.3, 0.4) is 0 Å². The van der Waals surface area contributed by atoms with Crippen LogP contribution in [0.1, 0.15) is 54.1 Å². The summed E-state index contributed by atoms with van der Waals surface area (Å²) in [5, 5.41) is 3.49. The molecule has 8 heteroatoms. The minimum Gasteiger partial charge on any atom is -0.494 e. The predicted molar refractivity (Wildman–Crippen MR) is 129 cm³/mol. The van der Waals surface area contributed by atoms with E-state index < -0.39 is 0 Å². The Labute approximate surface area is 195 Å². The Morgan fingerprint density at radius 1 is 1.25 bits per heavy atom. The summed E-state index contributed by atoms with van der Waals surface area (Å²) in [5.41, 5.74) is 8.15. The van der Waals surface area contributed by atoms with Gasteiger partial charge in [-0.25, -0.2) is 9.97 Å². The topological polar surface area (TPSA) is 93.4 Å². The van der Waals surface area contributed by atoms with Crippen molar-refractivity contribution in [2.45, 2.75) is 52.5 Å². The number of amides is 1. The highest BCUT2D eigenvalue weighted by Crippen LogP contribution is 2.26. The molecule has 0 aliphatic carbocycles. The van der Waals surface area contributed by atoms with Crippen molar-refractivity contribution in [3.05, 3.63) is 46.2 Å². The van der Waals surface area contributed by atoms with E-state index in [1.54, 1.807) is 12.4 Å². The van der Waals surface area contributed by atoms with Gasteiger partial charge in [-0.3, -0.25) is 4.79 Å². The molecule has 1 atom stereocenters. The Morgan fingerprint density at radius 3 is 2.47 bits per heavy atom. The molecule has 0 spiro atoms. The van der Waals surface area contributed by atoms with E-state index >= 15 is 0 Å². The summed E-state index contributed by atoms with van der Waals surface area (Å²) in [5.74, 6) is 2.19. The van der Waals surface area contributed by atoms with E-state index in [4.69, 9.17) is 22.1 Å². The van der Waals surface area contributed by atoms with Crippen molar-refractivity contribution < 1.29 is 9.53 Å². The molecule has 3 N–H and O–H groups in total. The first kappa shape index (κ1) is 24.3. The summed E-state index contributed by atoms with van der Waals surface area (Å²) in [7, 11) is 0. The van der Waals surface area contributed by atoms with Crippen LogP contribution in [0.5, 0.6) is 5.75 Å². The normalized spacial score (nSPS) is 15.5. The summed E-state index contributed by atoms with van der Waals surface area (Å²) >= 11 is 5.87. The summed E-state index contributed by atoms with van der Waals surface area (Å²) in [6.45, 7) is 8.82. The Hall–Kier alpha value is -2.38. The summed E-state index contributed by atoms with van der Waals surface area (Å²) in [4.78, 5) is 23.4. The van der Waals surface area contributed by atoms with E-state index in [2.05, 4.69) is 20.2 Å². The molecular weight excluding hydrogens is 426 g/mol. The number of carbonyl (C=O) groups is 1. The largest absolute Gasteiger partial charge is 0.494 e. The van der Waals surface area contributed by atoms with Crippen LogP contribution in [0.15, 0.2) is 24.5 Å². The van der Waals surface area contributed by atoms with E-state index in [0.717, 1.165) is 61.6 Å². The van der Waals surface area contributed by atoms with Crippen LogP contribution in [-0.4, -0.2) is 48.2 Å². The smallest absolute Gasteiger partial charge is 0.252 e. The third kappa shape index (κ3) is 6.56. The fourth-order valence-corrected chi connectivity index (χ4v) is 4.27. The van der Waals surface area contributed by atoms with Crippen molar-refractivity contribution in [2.24, 2.45) is 11.7 Å². The van der Waals surface area contributed by atoms with Crippen LogP contribution in [0.2, 0.25) is 5.02 Å². The number of anilines is 1. The van der Waals surface area contributed by atoms with Crippen LogP contribution in [0.25, 0.3) is 0 Å². The molecule has 1 aromatic heterocycles. The second-order valence-corrected chi connectivity index (χ2v) is 9.10. The second kappa shape index (κ2) is 11.5. The average Bonchev–Trinajstić information content (AvgIpc) is 2.77. The monoisotopic (exact) mass is 459 g/mol. The Kier molecular flexibility index (Phi) is 8.70. The van der Waals surface area contributed by atoms with Crippen LogP contribution in [-0.2, 0) is 0 Å². The van der Waals surface area contributed by atoms with Crippen LogP contribution < -0.4 is 20.7 Å². The number of ether oxygens (including phenoxy) is 1. The van der Waals surface area contributed by atoms with E-state index in [1.807, 2.05) is 32.9 Å². The third-order valence-electron chi connectivity index (χ3n) is 5.99. The molecule has 174 valence electrons. The SMILES string of the molecule is Cc1cc(OCCCC2CCN(c3ncc(Cl)cn3)CC2)cc(C)c1C(=O)N[C@@H](C)CN. The molecule has 0 unspecified atom stereocenters. The fraction of sp³-hybridized carbons (Fsp3) is 0.542. The van der Waals surface area contributed by atoms with Crippen LogP contribution >= 0.6 is 11.6 Å². The van der Waals surface area contributed by atoms with Gasteiger partial charge in [0.05, 0.1) is 24.0 Å². The highest BCUT2D eigenvalue weighted by atomic mass is 35.5. The molecule has 1 aliphatic heterocycles. The number of nitrogens with one attached hydrogen (secondary N) is 1. The maximum atomic E-state index is 12.5. The summed E-state index contributed by atoms with van der Waals surface area (Å²) < 4.78 is 6.00. The fourth-order valence-electron chi connectivity index (χ4n) is 4.17. The Morgan fingerprint density at radius 2 is 1.88 bits per heavy atom. The molecule has 0 radical (unpaired) electrons. The van der Waals surface area contributed by atoms with Crippen molar-refractivity contribution in [3.63, 3.8) is 0 Å². The lowest BCUT2D eigenvalue weighted by Gasteiger charge is -2.32. The number of aryl methyl sites for hydroxylation is 2. The minimum atomic E-state index is -0.0835. The number of aromatic nitrogens is 2. The Bertz CT molecular complexity index is 875. The van der Waals surface area contributed by atoms with E-state index in [9.17, 15) is 4.79 Å². The molecular formula is C24H34ClN5O2. The molecule has 32 heavy (non-hydrogen) atoms. The molecule has 7 nitrogen and oxygen atoms in total. The molecule has 1 saturated heterocycles. The first-order chi connectivity index (χ1) is 15.4. The lowest BCUT2D eigenvalue weighted by molar-refractivity contribution is 0.0940. The van der Waals surface area contributed by atoms with Crippen molar-refractivity contribution in [2.75, 3.05) is 31.1 Å². The van der Waals surface area contributed by atoms with Crippen LogP contribution in [0.4, 0.5) is 5.95 Å². The van der Waals surface area contributed by atoms with Gasteiger partial charge in [0, 0.05) is 31.2 Å². The zero-order chi connectivity index (χ0) is 23.1. The highest BCUT2D eigenvalue weighted by Gasteiger charge is 2.21. The maximum Gasteiger partial charge on any atom is 0.252 e. The Balaban J connectivity index is 1.42. The molecule has 3 rings (SSSR count). The van der Waals surface area contributed by atoms with Gasteiger partial charge in [-0.1, -0.05) is 11.6 Å². The molecule has 2 aromatic rings. The van der Waals surface area contributed by atoms with Gasteiger partial charge in [-0.2, -0.15) is 0 Å². The number of nitrogens with zero attached hydrogens (tertiary/aromatic N) is 3. The molecule has 1 amide bonds. The number of hydrogen-bond donors (Lipinski definition) is 2. The number of halogens is 1. The van der Waals surface area contributed by atoms with Gasteiger partial charge in [0.1, 0.15) is 5.75 Å². The standard InChI is InChI=1S/C24H34ClN5O2/c1-16-11-21(12-17(2)22(16)23(31)29-18(3)13-26)32-10-4-5-19-6-8-30(9-7-19)24-27-14-20(25)15-28-24/h11-12,14-15,18-19H,4-10,13,26H2,1-3H3,(H,29,31)/t18-/m0/s1. The molecule has 0 saturated carbocycles. The van der Waals surface area contributed by atoms with Gasteiger partial charge in [-0.05, 0) is 75.6 Å². The number of benzene rings is 1. The average molecular weight is 460 g/mol. The van der Waals surface area contributed by atoms with E-state index in [-0.39, 0.29) is 11.9 Å². The molecule has 0 bridgehead atoms. The van der Waals surface area contributed by atoms with Gasteiger partial charge in [0.25, 0.3) is 5.91 Å². The highest BCUT2D eigenvalue weighted by molar-refractivity contribution is 6.30. The van der Waals surface area contributed by atoms with Gasteiger partial charge in [0.15, 0.2) is 0 Å². The van der Waals surface area contributed by atoms with Gasteiger partial charge in [-0.15, -0.1) is 0 Å². The quantitative estimate of drug-likeness (QED) is 0.552. The van der Waals surface area contributed by atoms with Gasteiger partial charge >= 0.3 is 0 Å². The van der Waals surface area contributed by atoms with Gasteiger partial charge in [0.2, 0.25) is 5.95 Å². The lowest BCUT2D eigenvalue weighted by Crippen LogP contribution is -2.38. The molecule has 1 aromatic carbocycles. The molecule has 2 heterocycles. The number of rotatable bonds is 9. The maximum absolute atomic E-state index is 12.5. The van der Waals surface area contributed by atoms with Crippen molar-refractivity contribution in [1.29, 1.82) is 0 Å². The summed E-state index contributed by atoms with van der Waals surface area (Å²) in [6, 6.07) is 3.84. The number of nitrogens with two attached hydrogens (primary N) is 1. The van der Waals surface area contributed by atoms with E-state index in [0.29, 0.717) is 29.7 Å². The molecule has 1 fully saturated rings. The number of carbonyl (C=O) groups excluding carboxylic acids is 1. The molecule has 1 aliphatic rings. The van der Waals surface area contributed by atoms with Crippen molar-refractivity contribution in [3.8, 4) is 5.75 Å². The van der Waals surface area contributed by atoms with E-state index in [1.165, 1.54) is 0 Å². The van der Waals surface area contributed by atoms with Crippen molar-refractivity contribution >= 4 is 23.5 Å². The zero-order valence-corrected chi connectivity index (χ0v) is 20.0. The first-order valence-electron chi connectivity index (χ1n) is 11.3. The lowest BCUT2D eigenvalue weighted by atomic mass is 9.92. The third-order valence-corrected chi connectivity index (χ3v) is 6.19. The minimum absolute atomic E-state index is 0.0530. The predicted octanol–water partition coefficient (Wildman–Crippen LogP) is 3.90. The van der Waals surface area contributed by atoms with Gasteiger partial charge < -0.3 is 20.7 Å².